The smallest absolute Gasteiger partial charge is 0.227 e. The number of carbonyl (C=O) groups is 1. The van der Waals surface area contributed by atoms with Gasteiger partial charge >= 0.3 is 0 Å². The van der Waals surface area contributed by atoms with Crippen LogP contribution < -0.4 is 10.6 Å². The molecule has 1 fully saturated rings. The predicted octanol–water partition coefficient (Wildman–Crippen LogP) is 2.35. The van der Waals surface area contributed by atoms with E-state index in [1.165, 1.54) is 6.07 Å². The lowest BCUT2D eigenvalue weighted by atomic mass is 9.88. The van der Waals surface area contributed by atoms with Crippen molar-refractivity contribution >= 4 is 24.0 Å². The van der Waals surface area contributed by atoms with Crippen molar-refractivity contribution in [2.45, 2.75) is 13.8 Å². The lowest BCUT2D eigenvalue weighted by Gasteiger charge is -2.31. The van der Waals surface area contributed by atoms with Crippen molar-refractivity contribution < 1.29 is 9.18 Å². The lowest BCUT2D eigenvalue weighted by molar-refractivity contribution is -0.121. The van der Waals surface area contributed by atoms with Gasteiger partial charge in [0.1, 0.15) is 5.82 Å². The summed E-state index contributed by atoms with van der Waals surface area (Å²) in [7, 11) is 0. The molecule has 0 spiro atoms. The highest BCUT2D eigenvalue weighted by atomic mass is 35.5. The van der Waals surface area contributed by atoms with E-state index in [0.717, 1.165) is 13.1 Å². The van der Waals surface area contributed by atoms with Gasteiger partial charge in [0.2, 0.25) is 5.91 Å². The molecule has 1 amide bonds. The number of halogens is 2. The molecule has 0 aromatic heterocycles. The molecule has 1 aliphatic heterocycles. The average Bonchev–Trinajstić information content (AvgIpc) is 2.21. The van der Waals surface area contributed by atoms with E-state index in [2.05, 4.69) is 10.6 Å². The third-order valence-electron chi connectivity index (χ3n) is 3.36. The zero-order chi connectivity index (χ0) is 12.4. The summed E-state index contributed by atoms with van der Waals surface area (Å²) in [5.74, 6) is 0.153. The van der Waals surface area contributed by atoms with Crippen molar-refractivity contribution in [2.75, 3.05) is 18.4 Å². The van der Waals surface area contributed by atoms with E-state index in [9.17, 15) is 9.18 Å². The molecule has 2 N–H and O–H groups in total. The number of hydrogen-bond acceptors (Lipinski definition) is 2. The van der Waals surface area contributed by atoms with Crippen LogP contribution in [0.15, 0.2) is 18.2 Å². The van der Waals surface area contributed by atoms with Crippen LogP contribution in [0.4, 0.5) is 10.1 Å². The number of hydrogen-bond donors (Lipinski definition) is 2. The van der Waals surface area contributed by atoms with Crippen molar-refractivity contribution in [3.05, 3.63) is 29.6 Å². The van der Waals surface area contributed by atoms with Crippen LogP contribution in [0, 0.1) is 24.6 Å². The van der Waals surface area contributed by atoms with Gasteiger partial charge in [0.25, 0.3) is 0 Å². The topological polar surface area (TPSA) is 41.1 Å². The van der Waals surface area contributed by atoms with Gasteiger partial charge in [-0.25, -0.2) is 4.39 Å². The van der Waals surface area contributed by atoms with E-state index in [-0.39, 0.29) is 30.0 Å². The molecule has 3 nitrogen and oxygen atoms in total. The van der Waals surface area contributed by atoms with E-state index in [1.807, 2.05) is 6.92 Å². The molecule has 5 heteroatoms. The molecule has 0 aliphatic carbocycles. The quantitative estimate of drug-likeness (QED) is 0.887. The second-order valence-electron chi connectivity index (χ2n) is 4.66. The number of benzene rings is 1. The number of anilines is 1. The number of amides is 1. The van der Waals surface area contributed by atoms with Gasteiger partial charge in [-0.2, -0.15) is 0 Å². The second kappa shape index (κ2) is 6.16. The maximum atomic E-state index is 13.1. The zero-order valence-electron chi connectivity index (χ0n) is 10.5. The summed E-state index contributed by atoms with van der Waals surface area (Å²) in [4.78, 5) is 11.9. The monoisotopic (exact) mass is 272 g/mol. The molecular weight excluding hydrogens is 255 g/mol. The Morgan fingerprint density at radius 1 is 1.50 bits per heavy atom. The van der Waals surface area contributed by atoms with E-state index < -0.39 is 0 Å². The summed E-state index contributed by atoms with van der Waals surface area (Å²) in [5, 5.41) is 5.97. The molecule has 0 saturated carbocycles. The van der Waals surface area contributed by atoms with Crippen LogP contribution in [0.25, 0.3) is 0 Å². The van der Waals surface area contributed by atoms with Gasteiger partial charge in [0.15, 0.2) is 0 Å². The summed E-state index contributed by atoms with van der Waals surface area (Å²) in [5.41, 5.74) is 1.20. The highest BCUT2D eigenvalue weighted by Gasteiger charge is 2.28. The van der Waals surface area contributed by atoms with E-state index in [0.29, 0.717) is 17.2 Å². The second-order valence-corrected chi connectivity index (χ2v) is 4.66. The molecule has 0 radical (unpaired) electrons. The molecule has 1 atom stereocenters. The largest absolute Gasteiger partial charge is 0.326 e. The molecule has 2 rings (SSSR count). The molecule has 1 aromatic rings. The summed E-state index contributed by atoms with van der Waals surface area (Å²) in [6.07, 6.45) is 0. The Kier molecular flexibility index (Phi) is 5.11. The van der Waals surface area contributed by atoms with Crippen molar-refractivity contribution in [1.29, 1.82) is 0 Å². The molecule has 1 saturated heterocycles. The van der Waals surface area contributed by atoms with Crippen molar-refractivity contribution in [1.82, 2.24) is 5.32 Å². The molecule has 100 valence electrons. The number of carbonyl (C=O) groups excluding carboxylic acids is 1. The molecule has 18 heavy (non-hydrogen) atoms. The van der Waals surface area contributed by atoms with Crippen LogP contribution in [0.3, 0.4) is 0 Å². The Labute approximate surface area is 113 Å². The van der Waals surface area contributed by atoms with Crippen molar-refractivity contribution in [3.8, 4) is 0 Å². The normalized spacial score (nSPS) is 16.4. The fourth-order valence-corrected chi connectivity index (χ4v) is 1.86. The van der Waals surface area contributed by atoms with Gasteiger partial charge < -0.3 is 10.6 Å². The first-order valence-corrected chi connectivity index (χ1v) is 5.85. The Morgan fingerprint density at radius 3 is 2.67 bits per heavy atom. The van der Waals surface area contributed by atoms with E-state index in [1.54, 1.807) is 19.1 Å². The Bertz CT molecular complexity index is 435. The standard InChI is InChI=1S/C13H17FN2O.ClH/c1-8-5-11(3-4-12(8)14)16-13(17)9(2)10-6-15-7-10;/h3-5,9-10,15H,6-7H2,1-2H3,(H,16,17);1H. The van der Waals surface area contributed by atoms with Crippen molar-refractivity contribution in [3.63, 3.8) is 0 Å². The first-order valence-electron chi connectivity index (χ1n) is 5.85. The minimum atomic E-state index is -0.251. The van der Waals surface area contributed by atoms with Gasteiger partial charge in [-0.05, 0) is 49.7 Å². The van der Waals surface area contributed by atoms with Gasteiger partial charge in [-0.15, -0.1) is 12.4 Å². The minimum Gasteiger partial charge on any atom is -0.326 e. The first kappa shape index (κ1) is 14.9. The van der Waals surface area contributed by atoms with Crippen LogP contribution in [-0.2, 0) is 4.79 Å². The number of nitrogens with one attached hydrogen (secondary N) is 2. The SMILES string of the molecule is Cc1cc(NC(=O)C(C)C2CNC2)ccc1F.Cl. The van der Waals surface area contributed by atoms with Crippen LogP contribution in [-0.4, -0.2) is 19.0 Å². The third-order valence-corrected chi connectivity index (χ3v) is 3.36. The van der Waals surface area contributed by atoms with Crippen LogP contribution >= 0.6 is 12.4 Å². The molecule has 1 unspecified atom stereocenters. The fourth-order valence-electron chi connectivity index (χ4n) is 1.86. The maximum absolute atomic E-state index is 13.1. The fraction of sp³-hybridized carbons (Fsp3) is 0.462. The predicted molar refractivity (Wildman–Crippen MR) is 72.5 cm³/mol. The highest BCUT2D eigenvalue weighted by Crippen LogP contribution is 2.19. The Hall–Kier alpha value is -1.13. The van der Waals surface area contributed by atoms with Gasteiger partial charge in [0, 0.05) is 11.6 Å². The van der Waals surface area contributed by atoms with Crippen LogP contribution in [0.1, 0.15) is 12.5 Å². The van der Waals surface area contributed by atoms with Gasteiger partial charge in [0.05, 0.1) is 0 Å². The number of rotatable bonds is 3. The summed E-state index contributed by atoms with van der Waals surface area (Å²) < 4.78 is 13.1. The lowest BCUT2D eigenvalue weighted by Crippen LogP contribution is -2.48. The number of aryl methyl sites for hydroxylation is 1. The maximum Gasteiger partial charge on any atom is 0.227 e. The van der Waals surface area contributed by atoms with Gasteiger partial charge in [-0.3, -0.25) is 4.79 Å². The third kappa shape index (κ3) is 3.21. The van der Waals surface area contributed by atoms with E-state index >= 15 is 0 Å². The first-order chi connectivity index (χ1) is 8.08. The van der Waals surface area contributed by atoms with Crippen LogP contribution in [0.5, 0.6) is 0 Å². The van der Waals surface area contributed by atoms with Gasteiger partial charge in [-0.1, -0.05) is 6.92 Å². The summed E-state index contributed by atoms with van der Waals surface area (Å²) in [6.45, 7) is 5.41. The summed E-state index contributed by atoms with van der Waals surface area (Å²) >= 11 is 0. The Balaban J connectivity index is 0.00000162. The summed E-state index contributed by atoms with van der Waals surface area (Å²) in [6, 6.07) is 4.62. The average molecular weight is 273 g/mol. The zero-order valence-corrected chi connectivity index (χ0v) is 11.3. The van der Waals surface area contributed by atoms with Crippen molar-refractivity contribution in [2.24, 2.45) is 11.8 Å². The molecule has 1 heterocycles. The molecule has 0 bridgehead atoms. The Morgan fingerprint density at radius 2 is 2.17 bits per heavy atom. The van der Waals surface area contributed by atoms with E-state index in [4.69, 9.17) is 0 Å². The highest BCUT2D eigenvalue weighted by molar-refractivity contribution is 5.92. The van der Waals surface area contributed by atoms with Crippen LogP contribution in [0.2, 0.25) is 0 Å². The minimum absolute atomic E-state index is 0. The molecule has 1 aromatic carbocycles. The molecule has 1 aliphatic rings. The molecular formula is C13H18ClFN2O.